The van der Waals surface area contributed by atoms with Crippen molar-refractivity contribution in [1.29, 1.82) is 0 Å². The molecule has 6 rings (SSSR count). The van der Waals surface area contributed by atoms with Gasteiger partial charge in [-0.25, -0.2) is 9.67 Å². The lowest BCUT2D eigenvalue weighted by molar-refractivity contribution is -0.380. The van der Waals surface area contributed by atoms with E-state index in [1.165, 1.54) is 12.1 Å². The van der Waals surface area contributed by atoms with Crippen LogP contribution in [0.2, 0.25) is 0 Å². The van der Waals surface area contributed by atoms with E-state index in [4.69, 9.17) is 14.5 Å². The number of nitrogens with one attached hydrogen (secondary N) is 1. The third-order valence-corrected chi connectivity index (χ3v) is 6.78. The minimum atomic E-state index is -0.524. The van der Waals surface area contributed by atoms with Crippen molar-refractivity contribution >= 4 is 39.0 Å². The number of rotatable bonds is 5. The number of fused-ring (bicyclic) bond motifs is 2. The smallest absolute Gasteiger partial charge is 0.324 e. The predicted molar refractivity (Wildman–Crippen MR) is 134 cm³/mol. The molecular formula is C25H17N5O5S. The molecule has 0 fully saturated rings. The van der Waals surface area contributed by atoms with Crippen molar-refractivity contribution in [3.8, 4) is 28.4 Å². The second-order valence-electron chi connectivity index (χ2n) is 8.10. The van der Waals surface area contributed by atoms with Gasteiger partial charge in [-0.15, -0.1) is 0 Å². The monoisotopic (exact) mass is 499 g/mol. The van der Waals surface area contributed by atoms with Crippen LogP contribution in [0.1, 0.15) is 15.2 Å². The van der Waals surface area contributed by atoms with Crippen LogP contribution in [0, 0.1) is 17.0 Å². The van der Waals surface area contributed by atoms with Gasteiger partial charge in [0.2, 0.25) is 6.79 Å². The number of benzene rings is 2. The average Bonchev–Trinajstić information content (AvgIpc) is 3.63. The molecule has 0 aliphatic carbocycles. The molecule has 4 heterocycles. The van der Waals surface area contributed by atoms with Crippen LogP contribution in [0.4, 0.5) is 10.8 Å². The van der Waals surface area contributed by atoms with Gasteiger partial charge >= 0.3 is 5.00 Å². The van der Waals surface area contributed by atoms with Crippen LogP contribution < -0.4 is 14.8 Å². The number of aryl methyl sites for hydroxylation is 1. The lowest BCUT2D eigenvalue weighted by Gasteiger charge is -2.10. The SMILES string of the molecule is Cc1ccc(-n2ncc3c(NC(=O)c4ccc([N+](=O)[O-])s4)nc(-c4ccc5c(c4)OCO5)cc32)cc1. The summed E-state index contributed by atoms with van der Waals surface area (Å²) in [6.07, 6.45) is 1.64. The second-order valence-corrected chi connectivity index (χ2v) is 9.16. The summed E-state index contributed by atoms with van der Waals surface area (Å²) in [5, 5.41) is 18.9. The molecule has 0 radical (unpaired) electrons. The summed E-state index contributed by atoms with van der Waals surface area (Å²) in [6, 6.07) is 18.0. The van der Waals surface area contributed by atoms with Crippen molar-refractivity contribution in [2.24, 2.45) is 0 Å². The molecule has 0 bridgehead atoms. The van der Waals surface area contributed by atoms with E-state index >= 15 is 0 Å². The molecule has 5 aromatic rings. The molecule has 0 spiro atoms. The Bertz CT molecular complexity index is 1660. The molecule has 1 N–H and O–H groups in total. The van der Waals surface area contributed by atoms with Crippen molar-refractivity contribution in [2.75, 3.05) is 12.1 Å². The van der Waals surface area contributed by atoms with Gasteiger partial charge in [-0.1, -0.05) is 29.0 Å². The molecule has 0 saturated heterocycles. The van der Waals surface area contributed by atoms with E-state index in [-0.39, 0.29) is 16.7 Å². The fourth-order valence-electron chi connectivity index (χ4n) is 3.93. The molecule has 10 nitrogen and oxygen atoms in total. The van der Waals surface area contributed by atoms with E-state index in [0.29, 0.717) is 28.4 Å². The van der Waals surface area contributed by atoms with Gasteiger partial charge < -0.3 is 14.8 Å². The highest BCUT2D eigenvalue weighted by Gasteiger charge is 2.20. The second kappa shape index (κ2) is 8.47. The van der Waals surface area contributed by atoms with Gasteiger partial charge in [0.25, 0.3) is 5.91 Å². The third-order valence-electron chi connectivity index (χ3n) is 5.74. The standard InChI is InChI=1S/C25H17N5O5S/c1-14-2-5-16(6-3-14)29-19-11-18(15-4-7-20-21(10-15)35-13-34-20)27-24(17(19)12-26-29)28-25(31)22-8-9-23(36-22)30(32)33/h2-12H,13H2,1H3,(H,27,28,31). The molecule has 11 heteroatoms. The van der Waals surface area contributed by atoms with Gasteiger partial charge in [0.05, 0.1) is 38.3 Å². The van der Waals surface area contributed by atoms with Gasteiger partial charge in [0, 0.05) is 11.6 Å². The Morgan fingerprint density at radius 1 is 1.08 bits per heavy atom. The highest BCUT2D eigenvalue weighted by Crippen LogP contribution is 2.37. The summed E-state index contributed by atoms with van der Waals surface area (Å²) in [5.74, 6) is 1.06. The molecule has 1 aliphatic rings. The van der Waals surface area contributed by atoms with Crippen LogP contribution in [-0.2, 0) is 0 Å². The Morgan fingerprint density at radius 2 is 1.89 bits per heavy atom. The Hall–Kier alpha value is -4.77. The predicted octanol–water partition coefficient (Wildman–Crippen LogP) is 5.35. The lowest BCUT2D eigenvalue weighted by atomic mass is 10.1. The van der Waals surface area contributed by atoms with Gasteiger partial charge in [0.1, 0.15) is 5.82 Å². The molecule has 36 heavy (non-hydrogen) atoms. The van der Waals surface area contributed by atoms with Crippen molar-refractivity contribution < 1.29 is 19.2 Å². The first-order chi connectivity index (χ1) is 17.5. The van der Waals surface area contributed by atoms with Gasteiger partial charge in [-0.05, 0) is 49.4 Å². The fourth-order valence-corrected chi connectivity index (χ4v) is 4.65. The van der Waals surface area contributed by atoms with E-state index in [9.17, 15) is 14.9 Å². The largest absolute Gasteiger partial charge is 0.454 e. The van der Waals surface area contributed by atoms with Crippen molar-refractivity contribution in [3.05, 3.63) is 87.4 Å². The van der Waals surface area contributed by atoms with Gasteiger partial charge in [-0.2, -0.15) is 5.10 Å². The number of ether oxygens (including phenoxy) is 2. The molecule has 0 atom stereocenters. The maximum Gasteiger partial charge on any atom is 0.324 e. The number of nitro groups is 1. The number of hydrogen-bond donors (Lipinski definition) is 1. The quantitative estimate of drug-likeness (QED) is 0.256. The van der Waals surface area contributed by atoms with Crippen molar-refractivity contribution in [1.82, 2.24) is 14.8 Å². The van der Waals surface area contributed by atoms with Crippen molar-refractivity contribution in [2.45, 2.75) is 6.92 Å². The molecule has 0 unspecified atom stereocenters. The number of amides is 1. The Kier molecular flexibility index (Phi) is 5.11. The van der Waals surface area contributed by atoms with E-state index in [2.05, 4.69) is 10.4 Å². The minimum absolute atomic E-state index is 0.112. The summed E-state index contributed by atoms with van der Waals surface area (Å²) in [6.45, 7) is 2.16. The van der Waals surface area contributed by atoms with E-state index in [1.54, 1.807) is 10.9 Å². The molecule has 178 valence electrons. The number of nitrogens with zero attached hydrogens (tertiary/aromatic N) is 4. The first-order valence-corrected chi connectivity index (χ1v) is 11.7. The molecular weight excluding hydrogens is 482 g/mol. The Labute approximate surface area is 207 Å². The molecule has 3 aromatic heterocycles. The number of hydrogen-bond acceptors (Lipinski definition) is 8. The zero-order valence-corrected chi connectivity index (χ0v) is 19.6. The molecule has 2 aromatic carbocycles. The zero-order chi connectivity index (χ0) is 24.8. The number of carbonyl (C=O) groups excluding carboxylic acids is 1. The highest BCUT2D eigenvalue weighted by atomic mass is 32.1. The minimum Gasteiger partial charge on any atom is -0.454 e. The van der Waals surface area contributed by atoms with Crippen LogP contribution in [0.5, 0.6) is 11.5 Å². The molecule has 1 amide bonds. The van der Waals surface area contributed by atoms with Crippen LogP contribution >= 0.6 is 11.3 Å². The van der Waals surface area contributed by atoms with Crippen LogP contribution in [0.25, 0.3) is 27.8 Å². The number of anilines is 1. The summed E-state index contributed by atoms with van der Waals surface area (Å²) >= 11 is 0.801. The fraction of sp³-hybridized carbons (Fsp3) is 0.0800. The Morgan fingerprint density at radius 3 is 2.67 bits per heavy atom. The van der Waals surface area contributed by atoms with E-state index in [0.717, 1.165) is 33.7 Å². The highest BCUT2D eigenvalue weighted by molar-refractivity contribution is 7.17. The summed E-state index contributed by atoms with van der Waals surface area (Å²) in [7, 11) is 0. The van der Waals surface area contributed by atoms with E-state index < -0.39 is 10.8 Å². The number of carbonyl (C=O) groups is 1. The molecule has 1 aliphatic heterocycles. The van der Waals surface area contributed by atoms with Crippen LogP contribution in [0.15, 0.2) is 66.9 Å². The van der Waals surface area contributed by atoms with Crippen LogP contribution in [0.3, 0.4) is 0 Å². The zero-order valence-electron chi connectivity index (χ0n) is 18.8. The number of thiophene rings is 1. The summed E-state index contributed by atoms with van der Waals surface area (Å²) in [4.78, 5) is 28.4. The van der Waals surface area contributed by atoms with Crippen molar-refractivity contribution in [3.63, 3.8) is 0 Å². The summed E-state index contributed by atoms with van der Waals surface area (Å²) < 4.78 is 12.7. The van der Waals surface area contributed by atoms with Gasteiger partial charge in [-0.3, -0.25) is 14.9 Å². The maximum atomic E-state index is 13.0. The topological polar surface area (TPSA) is 121 Å². The maximum absolute atomic E-state index is 13.0. The van der Waals surface area contributed by atoms with E-state index in [1.807, 2.05) is 55.5 Å². The Balaban J connectivity index is 1.47. The first kappa shape index (κ1) is 21.7. The normalized spacial score (nSPS) is 12.1. The first-order valence-electron chi connectivity index (χ1n) is 10.9. The van der Waals surface area contributed by atoms with Crippen LogP contribution in [-0.4, -0.2) is 32.4 Å². The lowest BCUT2D eigenvalue weighted by Crippen LogP contribution is -2.12. The third kappa shape index (κ3) is 3.81. The summed E-state index contributed by atoms with van der Waals surface area (Å²) in [5.41, 5.74) is 4.05. The number of pyridine rings is 1. The molecule has 0 saturated carbocycles. The average molecular weight is 500 g/mol. The van der Waals surface area contributed by atoms with Gasteiger partial charge in [0.15, 0.2) is 11.5 Å². The number of aromatic nitrogens is 3.